The van der Waals surface area contributed by atoms with Crippen LogP contribution in [0.25, 0.3) is 0 Å². The van der Waals surface area contributed by atoms with E-state index < -0.39 is 0 Å². The van der Waals surface area contributed by atoms with Gasteiger partial charge in [-0.2, -0.15) is 5.10 Å². The molecule has 106 valence electrons. The summed E-state index contributed by atoms with van der Waals surface area (Å²) in [5.74, 6) is 0.177. The number of nitrogens with zero attached hydrogens (tertiary/aromatic N) is 3. The van der Waals surface area contributed by atoms with E-state index in [-0.39, 0.29) is 30.2 Å². The second kappa shape index (κ2) is 5.13. The Kier molecular flexibility index (Phi) is 3.46. The van der Waals surface area contributed by atoms with Crippen LogP contribution < -0.4 is 0 Å². The molecule has 5 nitrogen and oxygen atoms in total. The Morgan fingerprint density at radius 3 is 2.35 bits per heavy atom. The van der Waals surface area contributed by atoms with Gasteiger partial charge in [0.15, 0.2) is 5.15 Å². The Labute approximate surface area is 122 Å². The summed E-state index contributed by atoms with van der Waals surface area (Å²) in [6, 6.07) is 3.31. The Hall–Kier alpha value is -1.49. The molecule has 3 rings (SSSR count). The van der Waals surface area contributed by atoms with E-state index in [0.29, 0.717) is 16.8 Å². The molecule has 6 heteroatoms. The van der Waals surface area contributed by atoms with Gasteiger partial charge in [0.25, 0.3) is 0 Å². The summed E-state index contributed by atoms with van der Waals surface area (Å²) < 4.78 is 0. The summed E-state index contributed by atoms with van der Waals surface area (Å²) in [4.78, 5) is 26.1. The number of carbonyl (C=O) groups excluding carboxylic acids is 2. The van der Waals surface area contributed by atoms with Crippen LogP contribution in [0.5, 0.6) is 0 Å². The normalized spacial score (nSPS) is 29.1. The third kappa shape index (κ3) is 2.20. The maximum absolute atomic E-state index is 12.4. The number of carbonyl (C=O) groups is 2. The first-order valence-corrected chi connectivity index (χ1v) is 7.31. The zero-order valence-electron chi connectivity index (χ0n) is 11.3. The predicted molar refractivity (Wildman–Crippen MR) is 72.6 cm³/mol. The minimum atomic E-state index is -0.118. The lowest BCUT2D eigenvalue weighted by atomic mass is 10.00. The van der Waals surface area contributed by atoms with Crippen LogP contribution in [0.1, 0.15) is 31.9 Å². The number of fused-ring (bicyclic) bond motifs is 1. The molecule has 2 amide bonds. The number of aromatic nitrogens is 2. The van der Waals surface area contributed by atoms with Crippen LogP contribution in [0.2, 0.25) is 5.15 Å². The third-order valence-corrected chi connectivity index (χ3v) is 4.61. The second-order valence-electron chi connectivity index (χ2n) is 5.57. The van der Waals surface area contributed by atoms with E-state index in [1.54, 1.807) is 12.1 Å². The number of hydrogen-bond acceptors (Lipinski definition) is 4. The lowest BCUT2D eigenvalue weighted by molar-refractivity contribution is -0.141. The monoisotopic (exact) mass is 293 g/mol. The fourth-order valence-electron chi connectivity index (χ4n) is 3.28. The van der Waals surface area contributed by atoms with Gasteiger partial charge in [0, 0.05) is 0 Å². The molecule has 2 heterocycles. The van der Waals surface area contributed by atoms with Crippen LogP contribution in [-0.2, 0) is 16.1 Å². The fraction of sp³-hybridized carbons (Fsp3) is 0.571. The topological polar surface area (TPSA) is 63.2 Å². The van der Waals surface area contributed by atoms with Crippen molar-refractivity contribution in [2.24, 2.45) is 17.8 Å². The lowest BCUT2D eigenvalue weighted by Crippen LogP contribution is -2.32. The third-order valence-electron chi connectivity index (χ3n) is 4.41. The van der Waals surface area contributed by atoms with Crippen molar-refractivity contribution in [2.75, 3.05) is 0 Å². The zero-order valence-corrected chi connectivity index (χ0v) is 12.0. The molecule has 2 atom stereocenters. The van der Waals surface area contributed by atoms with Gasteiger partial charge in [0.1, 0.15) is 0 Å². The summed E-state index contributed by atoms with van der Waals surface area (Å²) >= 11 is 5.67. The van der Waals surface area contributed by atoms with E-state index >= 15 is 0 Å². The Morgan fingerprint density at radius 2 is 1.85 bits per heavy atom. The molecule has 2 aliphatic rings. The average Bonchev–Trinajstić information content (AvgIpc) is 2.97. The van der Waals surface area contributed by atoms with Gasteiger partial charge < -0.3 is 0 Å². The van der Waals surface area contributed by atoms with Crippen LogP contribution in [0.3, 0.4) is 0 Å². The molecular weight excluding hydrogens is 278 g/mol. The van der Waals surface area contributed by atoms with Crippen LogP contribution in [-0.4, -0.2) is 26.9 Å². The number of amides is 2. The van der Waals surface area contributed by atoms with Crippen molar-refractivity contribution in [1.29, 1.82) is 0 Å². The number of rotatable bonds is 3. The molecule has 1 saturated heterocycles. The molecule has 0 spiro atoms. The van der Waals surface area contributed by atoms with Crippen LogP contribution in [0, 0.1) is 17.8 Å². The van der Waals surface area contributed by atoms with Crippen molar-refractivity contribution in [3.05, 3.63) is 23.0 Å². The Bertz CT molecular complexity index is 522. The van der Waals surface area contributed by atoms with Gasteiger partial charge in [-0.15, -0.1) is 5.10 Å². The minimum absolute atomic E-state index is 0.0484. The van der Waals surface area contributed by atoms with Gasteiger partial charge in [-0.1, -0.05) is 24.9 Å². The number of halogens is 1. The van der Waals surface area contributed by atoms with Gasteiger partial charge in [0.05, 0.1) is 24.1 Å². The zero-order chi connectivity index (χ0) is 14.3. The first-order valence-electron chi connectivity index (χ1n) is 6.93. The number of likely N-dealkylation sites (tertiary alicyclic amines) is 1. The Morgan fingerprint density at radius 1 is 1.20 bits per heavy atom. The quantitative estimate of drug-likeness (QED) is 0.800. The first kappa shape index (κ1) is 13.5. The predicted octanol–water partition coefficient (Wildman–Crippen LogP) is 2.05. The van der Waals surface area contributed by atoms with E-state index in [2.05, 4.69) is 17.1 Å². The number of hydrogen-bond donors (Lipinski definition) is 0. The van der Waals surface area contributed by atoms with Gasteiger partial charge in [-0.25, -0.2) is 0 Å². The van der Waals surface area contributed by atoms with E-state index in [9.17, 15) is 9.59 Å². The Balaban J connectivity index is 1.75. The second-order valence-corrected chi connectivity index (χ2v) is 5.96. The highest BCUT2D eigenvalue weighted by molar-refractivity contribution is 6.29. The van der Waals surface area contributed by atoms with E-state index in [1.807, 2.05) is 0 Å². The molecule has 1 aliphatic carbocycles. The molecule has 2 fully saturated rings. The van der Waals surface area contributed by atoms with Crippen molar-refractivity contribution in [3.8, 4) is 0 Å². The van der Waals surface area contributed by atoms with Crippen molar-refractivity contribution >= 4 is 23.4 Å². The van der Waals surface area contributed by atoms with Crippen LogP contribution in [0.15, 0.2) is 12.1 Å². The summed E-state index contributed by atoms with van der Waals surface area (Å²) in [6.45, 7) is 2.31. The maximum atomic E-state index is 12.4. The molecule has 0 aromatic carbocycles. The molecule has 1 saturated carbocycles. The highest BCUT2D eigenvalue weighted by atomic mass is 35.5. The number of imide groups is 1. The van der Waals surface area contributed by atoms with Crippen molar-refractivity contribution < 1.29 is 9.59 Å². The molecule has 1 aliphatic heterocycles. The van der Waals surface area contributed by atoms with Gasteiger partial charge in [-0.3, -0.25) is 14.5 Å². The summed E-state index contributed by atoms with van der Waals surface area (Å²) in [5, 5.41) is 7.94. The van der Waals surface area contributed by atoms with Crippen LogP contribution >= 0.6 is 11.6 Å². The molecule has 1 aromatic heterocycles. The molecular formula is C14H16ClN3O2. The van der Waals surface area contributed by atoms with Crippen molar-refractivity contribution in [3.63, 3.8) is 0 Å². The fourth-order valence-corrected chi connectivity index (χ4v) is 3.38. The van der Waals surface area contributed by atoms with Gasteiger partial charge in [0.2, 0.25) is 11.8 Å². The first-order chi connectivity index (χ1) is 9.60. The molecule has 0 bridgehead atoms. The SMILES string of the molecule is CCC1CC2C(=O)N(Cc3ccc(Cl)nn3)C(=O)C2C1. The van der Waals surface area contributed by atoms with Crippen molar-refractivity contribution in [1.82, 2.24) is 15.1 Å². The van der Waals surface area contributed by atoms with Crippen molar-refractivity contribution in [2.45, 2.75) is 32.7 Å². The average molecular weight is 294 g/mol. The lowest BCUT2D eigenvalue weighted by Gasteiger charge is -2.16. The van der Waals surface area contributed by atoms with E-state index in [0.717, 1.165) is 19.3 Å². The minimum Gasteiger partial charge on any atom is -0.276 e. The molecule has 2 unspecified atom stereocenters. The highest BCUT2D eigenvalue weighted by Gasteiger charge is 2.52. The molecule has 20 heavy (non-hydrogen) atoms. The smallest absolute Gasteiger partial charge is 0.233 e. The van der Waals surface area contributed by atoms with Crippen LogP contribution in [0.4, 0.5) is 0 Å². The summed E-state index contributed by atoms with van der Waals surface area (Å²) in [5.41, 5.74) is 0.586. The largest absolute Gasteiger partial charge is 0.276 e. The van der Waals surface area contributed by atoms with E-state index in [1.165, 1.54) is 4.90 Å². The van der Waals surface area contributed by atoms with Gasteiger partial charge in [-0.05, 0) is 30.9 Å². The van der Waals surface area contributed by atoms with Gasteiger partial charge >= 0.3 is 0 Å². The highest BCUT2D eigenvalue weighted by Crippen LogP contribution is 2.44. The summed E-state index contributed by atoms with van der Waals surface area (Å²) in [6.07, 6.45) is 2.72. The molecule has 0 N–H and O–H groups in total. The standard InChI is InChI=1S/C14H16ClN3O2/c1-2-8-5-10-11(6-8)14(20)18(13(10)19)7-9-3-4-12(15)17-16-9/h3-4,8,10-11H,2,5-7H2,1H3. The maximum Gasteiger partial charge on any atom is 0.233 e. The van der Waals surface area contributed by atoms with E-state index in [4.69, 9.17) is 11.6 Å². The summed E-state index contributed by atoms with van der Waals surface area (Å²) in [7, 11) is 0. The molecule has 1 aromatic rings. The molecule has 0 radical (unpaired) electrons.